The number of aromatic nitrogens is 2. The highest BCUT2D eigenvalue weighted by Gasteiger charge is 2.17. The maximum atomic E-state index is 13.0. The molecule has 0 spiro atoms. The van der Waals surface area contributed by atoms with Gasteiger partial charge in [0.25, 0.3) is 5.56 Å². The summed E-state index contributed by atoms with van der Waals surface area (Å²) < 4.78 is 1.39. The number of hydrogen-bond acceptors (Lipinski definition) is 4. The maximum Gasteiger partial charge on any atom is 0.263 e. The largest absolute Gasteiger partial charge is 0.337 e. The first-order valence-electron chi connectivity index (χ1n) is 8.45. The zero-order chi connectivity index (χ0) is 18.7. The summed E-state index contributed by atoms with van der Waals surface area (Å²) in [6, 6.07) is 9.75. The Bertz CT molecular complexity index is 1000. The Kier molecular flexibility index (Phi) is 5.32. The number of amides is 1. The van der Waals surface area contributed by atoms with Gasteiger partial charge in [0.1, 0.15) is 11.4 Å². The maximum absolute atomic E-state index is 13.0. The molecule has 134 valence electrons. The molecule has 3 rings (SSSR count). The van der Waals surface area contributed by atoms with E-state index in [9.17, 15) is 9.59 Å². The van der Waals surface area contributed by atoms with E-state index in [1.54, 1.807) is 4.90 Å². The minimum atomic E-state index is -0.185. The first kappa shape index (κ1) is 18.1. The average Bonchev–Trinajstić information content (AvgIpc) is 3.07. The molecule has 0 aliphatic heterocycles. The Morgan fingerprint density at radius 3 is 2.69 bits per heavy atom. The Hall–Kier alpha value is -2.73. The van der Waals surface area contributed by atoms with Gasteiger partial charge in [-0.15, -0.1) is 11.3 Å². The van der Waals surface area contributed by atoms with Crippen LogP contribution in [-0.4, -0.2) is 33.4 Å². The summed E-state index contributed by atoms with van der Waals surface area (Å²) in [6.45, 7) is 8.70. The van der Waals surface area contributed by atoms with Crippen molar-refractivity contribution in [1.29, 1.82) is 0 Å². The predicted octanol–water partition coefficient (Wildman–Crippen LogP) is 3.55. The highest BCUT2D eigenvalue weighted by atomic mass is 32.1. The van der Waals surface area contributed by atoms with E-state index < -0.39 is 0 Å². The van der Waals surface area contributed by atoms with Crippen LogP contribution in [0.25, 0.3) is 21.3 Å². The second-order valence-corrected chi connectivity index (χ2v) is 7.10. The number of carbonyl (C=O) groups excluding carboxylic acids is 1. The van der Waals surface area contributed by atoms with Gasteiger partial charge < -0.3 is 4.90 Å². The lowest BCUT2D eigenvalue weighted by atomic mass is 10.1. The summed E-state index contributed by atoms with van der Waals surface area (Å²) in [4.78, 5) is 32.3. The molecule has 0 bridgehead atoms. The van der Waals surface area contributed by atoms with Crippen molar-refractivity contribution >= 4 is 27.5 Å². The van der Waals surface area contributed by atoms with Crippen LogP contribution in [0.15, 0.2) is 59.0 Å². The molecule has 6 heteroatoms. The van der Waals surface area contributed by atoms with E-state index in [-0.39, 0.29) is 18.0 Å². The molecule has 0 aliphatic rings. The van der Waals surface area contributed by atoms with Gasteiger partial charge in [0.2, 0.25) is 5.91 Å². The smallest absolute Gasteiger partial charge is 0.263 e. The van der Waals surface area contributed by atoms with Gasteiger partial charge in [-0.1, -0.05) is 42.5 Å². The van der Waals surface area contributed by atoms with Crippen molar-refractivity contribution in [2.45, 2.75) is 20.4 Å². The normalized spacial score (nSPS) is 10.8. The number of benzene rings is 1. The molecular weight excluding hydrogens is 346 g/mol. The summed E-state index contributed by atoms with van der Waals surface area (Å²) in [5.41, 5.74) is 2.55. The number of nitrogens with zero attached hydrogens (tertiary/aromatic N) is 3. The molecule has 0 aliphatic carbocycles. The summed E-state index contributed by atoms with van der Waals surface area (Å²) >= 11 is 1.44. The van der Waals surface area contributed by atoms with Gasteiger partial charge in [-0.2, -0.15) is 0 Å². The number of fused-ring (bicyclic) bond motifs is 1. The molecule has 0 saturated heterocycles. The predicted molar refractivity (Wildman–Crippen MR) is 106 cm³/mol. The standard InChI is InChI=1S/C20H21N3O2S/c1-4-22(10-14(2)3)17(24)11-23-13-21-19-18(20(23)25)16(12-26-19)15-8-6-5-7-9-15/h5-9,12-13H,2,4,10-11H2,1,3H3. The number of carbonyl (C=O) groups is 1. The second kappa shape index (κ2) is 7.66. The number of rotatable bonds is 6. The number of hydrogen-bond donors (Lipinski definition) is 0. The Morgan fingerprint density at radius 2 is 2.04 bits per heavy atom. The van der Waals surface area contributed by atoms with Gasteiger partial charge in [0.15, 0.2) is 0 Å². The van der Waals surface area contributed by atoms with E-state index >= 15 is 0 Å². The fraction of sp³-hybridized carbons (Fsp3) is 0.250. The van der Waals surface area contributed by atoms with Crippen molar-refractivity contribution in [2.24, 2.45) is 0 Å². The summed E-state index contributed by atoms with van der Waals surface area (Å²) in [5, 5.41) is 2.51. The molecule has 0 radical (unpaired) electrons. The monoisotopic (exact) mass is 367 g/mol. The highest BCUT2D eigenvalue weighted by molar-refractivity contribution is 7.17. The minimum Gasteiger partial charge on any atom is -0.337 e. The zero-order valence-corrected chi connectivity index (χ0v) is 15.8. The van der Waals surface area contributed by atoms with Gasteiger partial charge in [0, 0.05) is 24.0 Å². The first-order chi connectivity index (χ1) is 12.5. The highest BCUT2D eigenvalue weighted by Crippen LogP contribution is 2.30. The van der Waals surface area contributed by atoms with E-state index in [4.69, 9.17) is 0 Å². The molecule has 3 aromatic rings. The third-order valence-electron chi connectivity index (χ3n) is 4.15. The Labute approximate surface area is 156 Å². The van der Waals surface area contributed by atoms with Gasteiger partial charge in [0.05, 0.1) is 11.7 Å². The molecule has 2 aromatic heterocycles. The molecular formula is C20H21N3O2S. The molecule has 1 amide bonds. The van der Waals surface area contributed by atoms with Crippen LogP contribution in [0.4, 0.5) is 0 Å². The fourth-order valence-electron chi connectivity index (χ4n) is 2.86. The fourth-order valence-corrected chi connectivity index (χ4v) is 3.76. The van der Waals surface area contributed by atoms with Crippen LogP contribution in [0, 0.1) is 0 Å². The SMILES string of the molecule is C=C(C)CN(CC)C(=O)Cn1cnc2scc(-c3ccccc3)c2c1=O. The van der Waals surface area contributed by atoms with Crippen molar-refractivity contribution in [3.8, 4) is 11.1 Å². The Balaban J connectivity index is 1.98. The van der Waals surface area contributed by atoms with E-state index in [1.807, 2.05) is 49.6 Å². The summed E-state index contributed by atoms with van der Waals surface area (Å²) in [6.07, 6.45) is 1.46. The van der Waals surface area contributed by atoms with Gasteiger partial charge in [-0.25, -0.2) is 4.98 Å². The van der Waals surface area contributed by atoms with Crippen LogP contribution >= 0.6 is 11.3 Å². The third-order valence-corrected chi connectivity index (χ3v) is 5.03. The molecule has 0 N–H and O–H groups in total. The summed E-state index contributed by atoms with van der Waals surface area (Å²) in [5.74, 6) is -0.116. The van der Waals surface area contributed by atoms with Crippen LogP contribution in [-0.2, 0) is 11.3 Å². The van der Waals surface area contributed by atoms with E-state index in [2.05, 4.69) is 11.6 Å². The van der Waals surface area contributed by atoms with E-state index in [0.29, 0.717) is 23.3 Å². The van der Waals surface area contributed by atoms with Crippen molar-refractivity contribution in [2.75, 3.05) is 13.1 Å². The van der Waals surface area contributed by atoms with Gasteiger partial charge >= 0.3 is 0 Å². The van der Waals surface area contributed by atoms with Crippen molar-refractivity contribution in [3.63, 3.8) is 0 Å². The first-order valence-corrected chi connectivity index (χ1v) is 9.33. The minimum absolute atomic E-state index is 0.0209. The zero-order valence-electron chi connectivity index (χ0n) is 14.9. The van der Waals surface area contributed by atoms with Crippen molar-refractivity contribution in [3.05, 3.63) is 64.5 Å². The van der Waals surface area contributed by atoms with Crippen molar-refractivity contribution < 1.29 is 4.79 Å². The van der Waals surface area contributed by atoms with E-state index in [0.717, 1.165) is 16.7 Å². The lowest BCUT2D eigenvalue weighted by Gasteiger charge is -2.21. The number of thiophene rings is 1. The lowest BCUT2D eigenvalue weighted by molar-refractivity contribution is -0.131. The van der Waals surface area contributed by atoms with Crippen LogP contribution in [0.5, 0.6) is 0 Å². The third kappa shape index (κ3) is 3.60. The molecule has 5 nitrogen and oxygen atoms in total. The van der Waals surface area contributed by atoms with Crippen LogP contribution in [0.3, 0.4) is 0 Å². The second-order valence-electron chi connectivity index (χ2n) is 6.24. The number of likely N-dealkylation sites (N-methyl/N-ethyl adjacent to an activating group) is 1. The van der Waals surface area contributed by atoms with Gasteiger partial charge in [-0.3, -0.25) is 14.2 Å². The van der Waals surface area contributed by atoms with Crippen LogP contribution < -0.4 is 5.56 Å². The summed E-state index contributed by atoms with van der Waals surface area (Å²) in [7, 11) is 0. The van der Waals surface area contributed by atoms with Crippen molar-refractivity contribution in [1.82, 2.24) is 14.5 Å². The molecule has 0 saturated carbocycles. The molecule has 2 heterocycles. The average molecular weight is 367 g/mol. The molecule has 0 atom stereocenters. The molecule has 1 aromatic carbocycles. The molecule has 0 unspecified atom stereocenters. The van der Waals surface area contributed by atoms with Gasteiger partial charge in [-0.05, 0) is 19.4 Å². The van der Waals surface area contributed by atoms with Crippen LogP contribution in [0.1, 0.15) is 13.8 Å². The molecule has 0 fully saturated rings. The van der Waals surface area contributed by atoms with Crippen LogP contribution in [0.2, 0.25) is 0 Å². The van der Waals surface area contributed by atoms with E-state index in [1.165, 1.54) is 22.2 Å². The Morgan fingerprint density at radius 1 is 1.31 bits per heavy atom. The quantitative estimate of drug-likeness (QED) is 0.626. The molecule has 26 heavy (non-hydrogen) atoms. The lowest BCUT2D eigenvalue weighted by Crippen LogP contribution is -2.37. The topological polar surface area (TPSA) is 55.2 Å².